The lowest BCUT2D eigenvalue weighted by Gasteiger charge is -2.18. The number of hydrogen-bond acceptors (Lipinski definition) is 2. The number of hydrogen-bond donors (Lipinski definition) is 1. The van der Waals surface area contributed by atoms with Crippen LogP contribution in [0.15, 0.2) is 18.3 Å². The molecule has 0 aliphatic carbocycles. The molecular weight excluding hydrogens is 244 g/mol. The maximum absolute atomic E-state index is 4.29. The molecule has 0 aliphatic heterocycles. The topological polar surface area (TPSA) is 24.9 Å². The van der Waals surface area contributed by atoms with E-state index in [1.54, 1.807) is 0 Å². The number of pyridine rings is 1. The van der Waals surface area contributed by atoms with E-state index in [9.17, 15) is 0 Å². The van der Waals surface area contributed by atoms with Crippen molar-refractivity contribution in [3.05, 3.63) is 29.6 Å². The van der Waals surface area contributed by atoms with E-state index in [4.69, 9.17) is 0 Å². The zero-order valence-electron chi connectivity index (χ0n) is 13.6. The molecule has 1 aromatic heterocycles. The van der Waals surface area contributed by atoms with Crippen molar-refractivity contribution in [2.75, 3.05) is 6.54 Å². The number of aromatic nitrogens is 1. The molecule has 1 unspecified atom stereocenters. The van der Waals surface area contributed by atoms with Gasteiger partial charge in [-0.05, 0) is 37.6 Å². The molecule has 0 radical (unpaired) electrons. The Morgan fingerprint density at radius 3 is 2.40 bits per heavy atom. The van der Waals surface area contributed by atoms with E-state index < -0.39 is 0 Å². The molecule has 0 saturated heterocycles. The standard InChI is InChI=1S/C18H32N2/c1-4-6-7-8-9-10-11-12-18(19-5-2)17-13-14-20-16(3)15-17/h13-15,18-19H,4-12H2,1-3H3. The molecule has 1 heterocycles. The molecule has 0 aromatic carbocycles. The third kappa shape index (κ3) is 7.04. The van der Waals surface area contributed by atoms with Gasteiger partial charge < -0.3 is 5.32 Å². The summed E-state index contributed by atoms with van der Waals surface area (Å²) in [6.45, 7) is 7.56. The van der Waals surface area contributed by atoms with Crippen molar-refractivity contribution in [3.8, 4) is 0 Å². The molecule has 0 spiro atoms. The summed E-state index contributed by atoms with van der Waals surface area (Å²) in [7, 11) is 0. The lowest BCUT2D eigenvalue weighted by molar-refractivity contribution is 0.475. The summed E-state index contributed by atoms with van der Waals surface area (Å²) < 4.78 is 0. The Balaban J connectivity index is 2.29. The molecule has 0 amide bonds. The van der Waals surface area contributed by atoms with Gasteiger partial charge in [-0.2, -0.15) is 0 Å². The van der Waals surface area contributed by atoms with Crippen molar-refractivity contribution in [1.82, 2.24) is 10.3 Å². The predicted octanol–water partition coefficient (Wildman–Crippen LogP) is 5.18. The van der Waals surface area contributed by atoms with Crippen molar-refractivity contribution in [2.45, 2.75) is 78.2 Å². The molecule has 1 atom stereocenters. The average Bonchev–Trinajstić information content (AvgIpc) is 2.45. The van der Waals surface area contributed by atoms with Gasteiger partial charge in [0, 0.05) is 17.9 Å². The van der Waals surface area contributed by atoms with E-state index in [0.29, 0.717) is 6.04 Å². The summed E-state index contributed by atoms with van der Waals surface area (Å²) in [6.07, 6.45) is 12.8. The van der Waals surface area contributed by atoms with Crippen LogP contribution in [0, 0.1) is 6.92 Å². The number of nitrogens with one attached hydrogen (secondary N) is 1. The van der Waals surface area contributed by atoms with Gasteiger partial charge in [-0.25, -0.2) is 0 Å². The van der Waals surface area contributed by atoms with Crippen LogP contribution in [0.3, 0.4) is 0 Å². The molecule has 1 N–H and O–H groups in total. The molecular formula is C18H32N2. The third-order valence-electron chi connectivity index (χ3n) is 3.87. The minimum atomic E-state index is 0.498. The fourth-order valence-corrected chi connectivity index (χ4v) is 2.72. The van der Waals surface area contributed by atoms with Crippen molar-refractivity contribution in [1.29, 1.82) is 0 Å². The van der Waals surface area contributed by atoms with Gasteiger partial charge in [-0.15, -0.1) is 0 Å². The molecule has 0 fully saturated rings. The molecule has 2 heteroatoms. The Bertz CT molecular complexity index is 349. The molecule has 2 nitrogen and oxygen atoms in total. The van der Waals surface area contributed by atoms with Crippen LogP contribution in [0.1, 0.15) is 82.5 Å². The number of rotatable bonds is 11. The fourth-order valence-electron chi connectivity index (χ4n) is 2.72. The number of nitrogens with zero attached hydrogens (tertiary/aromatic N) is 1. The van der Waals surface area contributed by atoms with Gasteiger partial charge in [0.05, 0.1) is 0 Å². The van der Waals surface area contributed by atoms with Crippen LogP contribution in [-0.4, -0.2) is 11.5 Å². The van der Waals surface area contributed by atoms with Crippen molar-refractivity contribution in [2.24, 2.45) is 0 Å². The zero-order valence-corrected chi connectivity index (χ0v) is 13.6. The molecule has 114 valence electrons. The molecule has 1 rings (SSSR count). The van der Waals surface area contributed by atoms with Crippen LogP contribution >= 0.6 is 0 Å². The van der Waals surface area contributed by atoms with E-state index in [1.807, 2.05) is 6.20 Å². The molecule has 0 saturated carbocycles. The maximum Gasteiger partial charge on any atom is 0.0375 e. The van der Waals surface area contributed by atoms with Gasteiger partial charge in [0.15, 0.2) is 0 Å². The fraction of sp³-hybridized carbons (Fsp3) is 0.722. The lowest BCUT2D eigenvalue weighted by atomic mass is 9.99. The third-order valence-corrected chi connectivity index (χ3v) is 3.87. The smallest absolute Gasteiger partial charge is 0.0375 e. The summed E-state index contributed by atoms with van der Waals surface area (Å²) in [6, 6.07) is 4.87. The summed E-state index contributed by atoms with van der Waals surface area (Å²) in [5, 5.41) is 3.61. The molecule has 20 heavy (non-hydrogen) atoms. The largest absolute Gasteiger partial charge is 0.310 e. The van der Waals surface area contributed by atoms with E-state index in [1.165, 1.54) is 56.9 Å². The SMILES string of the molecule is CCCCCCCCCC(NCC)c1ccnc(C)c1. The van der Waals surface area contributed by atoms with Gasteiger partial charge in [0.1, 0.15) is 0 Å². The second-order valence-corrected chi connectivity index (χ2v) is 5.75. The maximum atomic E-state index is 4.29. The predicted molar refractivity (Wildman–Crippen MR) is 88.0 cm³/mol. The summed E-state index contributed by atoms with van der Waals surface area (Å²) in [5.74, 6) is 0. The van der Waals surface area contributed by atoms with Gasteiger partial charge in [-0.1, -0.05) is 58.8 Å². The Hall–Kier alpha value is -0.890. The average molecular weight is 276 g/mol. The van der Waals surface area contributed by atoms with Gasteiger partial charge in [-0.3, -0.25) is 4.98 Å². The minimum absolute atomic E-state index is 0.498. The first-order valence-electron chi connectivity index (χ1n) is 8.43. The van der Waals surface area contributed by atoms with Crippen LogP contribution in [0.5, 0.6) is 0 Å². The quantitative estimate of drug-likeness (QED) is 0.563. The van der Waals surface area contributed by atoms with Crippen LogP contribution in [-0.2, 0) is 0 Å². The van der Waals surface area contributed by atoms with Crippen molar-refractivity contribution >= 4 is 0 Å². The van der Waals surface area contributed by atoms with E-state index >= 15 is 0 Å². The number of unbranched alkanes of at least 4 members (excludes halogenated alkanes) is 6. The highest BCUT2D eigenvalue weighted by molar-refractivity contribution is 5.19. The number of aryl methyl sites for hydroxylation is 1. The Morgan fingerprint density at radius 1 is 1.05 bits per heavy atom. The second kappa shape index (κ2) is 10.8. The lowest BCUT2D eigenvalue weighted by Crippen LogP contribution is -2.21. The van der Waals surface area contributed by atoms with E-state index in [0.717, 1.165) is 12.2 Å². The first kappa shape index (κ1) is 17.2. The van der Waals surface area contributed by atoms with Crippen LogP contribution in [0.4, 0.5) is 0 Å². The normalized spacial score (nSPS) is 12.6. The molecule has 0 bridgehead atoms. The van der Waals surface area contributed by atoms with Crippen molar-refractivity contribution < 1.29 is 0 Å². The Morgan fingerprint density at radius 2 is 1.75 bits per heavy atom. The highest BCUT2D eigenvalue weighted by Crippen LogP contribution is 2.20. The van der Waals surface area contributed by atoms with Gasteiger partial charge in [0.25, 0.3) is 0 Å². The molecule has 1 aromatic rings. The Labute approximate surface area is 125 Å². The first-order valence-corrected chi connectivity index (χ1v) is 8.43. The Kier molecular flexibility index (Phi) is 9.31. The van der Waals surface area contributed by atoms with Crippen LogP contribution < -0.4 is 5.32 Å². The highest BCUT2D eigenvalue weighted by atomic mass is 14.9. The highest BCUT2D eigenvalue weighted by Gasteiger charge is 2.09. The summed E-state index contributed by atoms with van der Waals surface area (Å²) in [4.78, 5) is 4.29. The van der Waals surface area contributed by atoms with E-state index in [-0.39, 0.29) is 0 Å². The van der Waals surface area contributed by atoms with Crippen LogP contribution in [0.25, 0.3) is 0 Å². The minimum Gasteiger partial charge on any atom is -0.310 e. The summed E-state index contributed by atoms with van der Waals surface area (Å²) in [5.41, 5.74) is 2.51. The first-order chi connectivity index (χ1) is 9.77. The summed E-state index contributed by atoms with van der Waals surface area (Å²) >= 11 is 0. The molecule has 0 aliphatic rings. The van der Waals surface area contributed by atoms with Gasteiger partial charge in [0.2, 0.25) is 0 Å². The zero-order chi connectivity index (χ0) is 14.6. The van der Waals surface area contributed by atoms with E-state index in [2.05, 4.69) is 43.2 Å². The van der Waals surface area contributed by atoms with Crippen molar-refractivity contribution in [3.63, 3.8) is 0 Å². The van der Waals surface area contributed by atoms with Gasteiger partial charge >= 0.3 is 0 Å². The monoisotopic (exact) mass is 276 g/mol. The van der Waals surface area contributed by atoms with Crippen LogP contribution in [0.2, 0.25) is 0 Å². The second-order valence-electron chi connectivity index (χ2n) is 5.75.